The number of benzene rings is 1. The number of nitrogens with zero attached hydrogens (tertiary/aromatic N) is 1. The van der Waals surface area contributed by atoms with Gasteiger partial charge in [0, 0.05) is 0 Å². The molecule has 0 aliphatic carbocycles. The standard InChI is InChI=1S/C12H14N2O5/c15-5-8(16)10(17)11(18)9-12(19)14-7-4-2-1-3-6(7)13-9/h1-4,8,10-11,15-18H,5H2,(H,14,19)/t8-,10-,11+/m1/s1. The van der Waals surface area contributed by atoms with Crippen LogP contribution in [0.1, 0.15) is 11.8 Å². The van der Waals surface area contributed by atoms with Crippen molar-refractivity contribution in [2.45, 2.75) is 18.3 Å². The van der Waals surface area contributed by atoms with Gasteiger partial charge in [0.15, 0.2) is 0 Å². The van der Waals surface area contributed by atoms with E-state index in [1.807, 2.05) is 0 Å². The topological polar surface area (TPSA) is 127 Å². The van der Waals surface area contributed by atoms with Gasteiger partial charge >= 0.3 is 0 Å². The van der Waals surface area contributed by atoms with Crippen molar-refractivity contribution < 1.29 is 20.4 Å². The Morgan fingerprint density at radius 2 is 1.89 bits per heavy atom. The van der Waals surface area contributed by atoms with Crippen molar-refractivity contribution in [1.29, 1.82) is 0 Å². The minimum absolute atomic E-state index is 0.307. The highest BCUT2D eigenvalue weighted by Gasteiger charge is 2.28. The van der Waals surface area contributed by atoms with Crippen LogP contribution in [0.4, 0.5) is 0 Å². The van der Waals surface area contributed by atoms with Crippen LogP contribution in [-0.4, -0.2) is 49.2 Å². The van der Waals surface area contributed by atoms with Crippen LogP contribution in [0.2, 0.25) is 0 Å². The van der Waals surface area contributed by atoms with E-state index < -0.39 is 30.5 Å². The number of rotatable bonds is 4. The molecule has 2 aromatic rings. The van der Waals surface area contributed by atoms with E-state index in [0.717, 1.165) is 0 Å². The van der Waals surface area contributed by atoms with Crippen LogP contribution in [0.3, 0.4) is 0 Å². The molecule has 0 spiro atoms. The first kappa shape index (κ1) is 13.6. The molecule has 5 N–H and O–H groups in total. The molecule has 7 nitrogen and oxygen atoms in total. The summed E-state index contributed by atoms with van der Waals surface area (Å²) in [5.41, 5.74) is -0.0171. The van der Waals surface area contributed by atoms with Gasteiger partial charge in [-0.2, -0.15) is 0 Å². The lowest BCUT2D eigenvalue weighted by Crippen LogP contribution is -2.37. The van der Waals surface area contributed by atoms with Crippen LogP contribution in [0.25, 0.3) is 11.0 Å². The third-order valence-corrected chi connectivity index (χ3v) is 2.81. The van der Waals surface area contributed by atoms with Gasteiger partial charge in [-0.25, -0.2) is 4.98 Å². The van der Waals surface area contributed by atoms with Gasteiger partial charge < -0.3 is 25.4 Å². The van der Waals surface area contributed by atoms with Crippen molar-refractivity contribution >= 4 is 11.0 Å². The van der Waals surface area contributed by atoms with Crippen LogP contribution < -0.4 is 5.56 Å². The average Bonchev–Trinajstić information content (AvgIpc) is 2.44. The Kier molecular flexibility index (Phi) is 3.91. The number of aliphatic hydroxyl groups excluding tert-OH is 4. The molecule has 3 atom stereocenters. The first-order valence-electron chi connectivity index (χ1n) is 5.68. The lowest BCUT2D eigenvalue weighted by atomic mass is 10.1. The maximum absolute atomic E-state index is 11.8. The number of hydrogen-bond acceptors (Lipinski definition) is 6. The number of aromatic amines is 1. The van der Waals surface area contributed by atoms with Crippen molar-refractivity contribution in [3.63, 3.8) is 0 Å². The molecule has 0 bridgehead atoms. The predicted octanol–water partition coefficient (Wildman–Crippen LogP) is -1.33. The number of fused-ring (bicyclic) bond motifs is 1. The molecule has 2 rings (SSSR count). The molecule has 19 heavy (non-hydrogen) atoms. The molecule has 1 aromatic heterocycles. The maximum Gasteiger partial charge on any atom is 0.272 e. The van der Waals surface area contributed by atoms with Crippen molar-refractivity contribution in [3.8, 4) is 0 Å². The highest BCUT2D eigenvalue weighted by molar-refractivity contribution is 5.73. The lowest BCUT2D eigenvalue weighted by Gasteiger charge is -2.20. The molecular weight excluding hydrogens is 252 g/mol. The van der Waals surface area contributed by atoms with Crippen LogP contribution in [0.5, 0.6) is 0 Å². The van der Waals surface area contributed by atoms with Gasteiger partial charge in [-0.15, -0.1) is 0 Å². The van der Waals surface area contributed by atoms with Crippen molar-refractivity contribution in [2.75, 3.05) is 6.61 Å². The molecule has 0 saturated carbocycles. The summed E-state index contributed by atoms with van der Waals surface area (Å²) in [5, 5.41) is 37.4. The average molecular weight is 266 g/mol. The quantitative estimate of drug-likeness (QED) is 0.466. The molecule has 102 valence electrons. The number of para-hydroxylation sites is 2. The minimum Gasteiger partial charge on any atom is -0.394 e. The van der Waals surface area contributed by atoms with Gasteiger partial charge in [-0.3, -0.25) is 4.79 Å². The molecule has 0 fully saturated rings. The highest BCUT2D eigenvalue weighted by Crippen LogP contribution is 2.16. The molecule has 0 saturated heterocycles. The second kappa shape index (κ2) is 5.45. The van der Waals surface area contributed by atoms with Gasteiger partial charge in [-0.1, -0.05) is 12.1 Å². The fraction of sp³-hybridized carbons (Fsp3) is 0.333. The van der Waals surface area contributed by atoms with E-state index in [4.69, 9.17) is 5.11 Å². The summed E-state index contributed by atoms with van der Waals surface area (Å²) in [4.78, 5) is 18.2. The first-order valence-corrected chi connectivity index (χ1v) is 5.68. The Morgan fingerprint density at radius 3 is 2.58 bits per heavy atom. The third-order valence-electron chi connectivity index (χ3n) is 2.81. The van der Waals surface area contributed by atoms with Gasteiger partial charge in [-0.05, 0) is 12.1 Å². The van der Waals surface area contributed by atoms with Crippen LogP contribution in [-0.2, 0) is 0 Å². The molecule has 0 aliphatic heterocycles. The molecule has 7 heteroatoms. The molecule has 0 amide bonds. The van der Waals surface area contributed by atoms with E-state index in [0.29, 0.717) is 11.0 Å². The summed E-state index contributed by atoms with van der Waals surface area (Å²) in [6.45, 7) is -0.732. The monoisotopic (exact) mass is 266 g/mol. The van der Waals surface area contributed by atoms with Crippen molar-refractivity contribution in [3.05, 3.63) is 40.3 Å². The Balaban J connectivity index is 2.44. The van der Waals surface area contributed by atoms with E-state index >= 15 is 0 Å². The van der Waals surface area contributed by atoms with Gasteiger partial charge in [0.1, 0.15) is 24.0 Å². The Morgan fingerprint density at radius 1 is 1.21 bits per heavy atom. The molecule has 0 aliphatic rings. The van der Waals surface area contributed by atoms with Crippen molar-refractivity contribution in [1.82, 2.24) is 9.97 Å². The molecular formula is C12H14N2O5. The number of aromatic nitrogens is 2. The van der Waals surface area contributed by atoms with E-state index in [2.05, 4.69) is 9.97 Å². The fourth-order valence-electron chi connectivity index (χ4n) is 1.72. The van der Waals surface area contributed by atoms with E-state index in [1.54, 1.807) is 24.3 Å². The Labute approximate surface area is 107 Å². The number of aliphatic hydroxyl groups is 4. The lowest BCUT2D eigenvalue weighted by molar-refractivity contribution is -0.0792. The smallest absolute Gasteiger partial charge is 0.272 e. The largest absolute Gasteiger partial charge is 0.394 e. The zero-order valence-corrected chi connectivity index (χ0v) is 9.89. The second-order valence-corrected chi connectivity index (χ2v) is 4.15. The summed E-state index contributed by atoms with van der Waals surface area (Å²) in [5.74, 6) is 0. The Hall–Kier alpha value is -1.80. The zero-order valence-electron chi connectivity index (χ0n) is 9.89. The van der Waals surface area contributed by atoms with Crippen molar-refractivity contribution in [2.24, 2.45) is 0 Å². The fourth-order valence-corrected chi connectivity index (χ4v) is 1.72. The van der Waals surface area contributed by atoms with Crippen LogP contribution in [0, 0.1) is 0 Å². The molecule has 1 aromatic carbocycles. The summed E-state index contributed by atoms with van der Waals surface area (Å²) in [6, 6.07) is 6.72. The summed E-state index contributed by atoms with van der Waals surface area (Å²) < 4.78 is 0. The summed E-state index contributed by atoms with van der Waals surface area (Å²) >= 11 is 0. The van der Waals surface area contributed by atoms with E-state index in [1.165, 1.54) is 0 Å². The minimum atomic E-state index is -1.69. The Bertz CT molecular complexity index is 627. The normalized spacial score (nSPS) is 16.2. The number of hydrogen-bond donors (Lipinski definition) is 5. The highest BCUT2D eigenvalue weighted by atomic mass is 16.4. The van der Waals surface area contributed by atoms with E-state index in [9.17, 15) is 20.1 Å². The first-order chi connectivity index (χ1) is 9.04. The number of H-pyrrole nitrogens is 1. The molecule has 0 unspecified atom stereocenters. The van der Waals surface area contributed by atoms with Crippen LogP contribution >= 0.6 is 0 Å². The van der Waals surface area contributed by atoms with Gasteiger partial charge in [0.2, 0.25) is 0 Å². The molecule has 0 radical (unpaired) electrons. The number of nitrogens with one attached hydrogen (secondary N) is 1. The summed E-state index contributed by atoms with van der Waals surface area (Å²) in [7, 11) is 0. The van der Waals surface area contributed by atoms with Gasteiger partial charge in [0.05, 0.1) is 17.6 Å². The summed E-state index contributed by atoms with van der Waals surface area (Å²) in [6.07, 6.45) is -4.93. The second-order valence-electron chi connectivity index (χ2n) is 4.15. The third kappa shape index (κ3) is 2.64. The molecule has 1 heterocycles. The van der Waals surface area contributed by atoms with Gasteiger partial charge in [0.25, 0.3) is 5.56 Å². The predicted molar refractivity (Wildman–Crippen MR) is 66.4 cm³/mol. The maximum atomic E-state index is 11.8. The van der Waals surface area contributed by atoms with Crippen LogP contribution in [0.15, 0.2) is 29.1 Å². The SMILES string of the molecule is O=c1[nH]c2ccccc2nc1[C@H](O)[C@H](O)[C@H](O)CO. The zero-order chi connectivity index (χ0) is 14.0. The van der Waals surface area contributed by atoms with E-state index in [-0.39, 0.29) is 5.69 Å².